The van der Waals surface area contributed by atoms with E-state index in [4.69, 9.17) is 23.7 Å². The molecule has 0 aromatic heterocycles. The van der Waals surface area contributed by atoms with Crippen LogP contribution in [0.1, 0.15) is 216 Å². The van der Waals surface area contributed by atoms with E-state index in [-0.39, 0.29) is 24.5 Å². The van der Waals surface area contributed by atoms with E-state index in [1.165, 1.54) is 95.5 Å². The van der Waals surface area contributed by atoms with Gasteiger partial charge in [-0.2, -0.15) is 0 Å². The van der Waals surface area contributed by atoms with Gasteiger partial charge in [0.2, 0.25) is 0 Å². The molecule has 0 aliphatic rings. The molecule has 1 aromatic rings. The number of nitrogens with zero attached hydrogens (tertiary/aromatic N) is 1. The van der Waals surface area contributed by atoms with Gasteiger partial charge in [0, 0.05) is 31.6 Å². The van der Waals surface area contributed by atoms with E-state index in [0.29, 0.717) is 62.8 Å². The van der Waals surface area contributed by atoms with E-state index in [2.05, 4.69) is 31.7 Å². The SMILES string of the molecule is CCCCCCCCOC(=O)CCCCCCOCc1c(OCCCCCC(=O)OCC=C(CCCCCCC)CCCCCCC)cccc1C(=O)OCCCN(C)C. The Morgan fingerprint density at radius 1 is 0.533 bits per heavy atom. The molecule has 0 spiro atoms. The normalized spacial score (nSPS) is 11.2. The summed E-state index contributed by atoms with van der Waals surface area (Å²) in [7, 11) is 4.00. The molecule has 0 fully saturated rings. The first-order valence-electron chi connectivity index (χ1n) is 24.5. The maximum atomic E-state index is 13.2. The Morgan fingerprint density at radius 3 is 1.65 bits per heavy atom. The van der Waals surface area contributed by atoms with Crippen molar-refractivity contribution in [2.45, 2.75) is 207 Å². The van der Waals surface area contributed by atoms with Crippen LogP contribution in [0.15, 0.2) is 29.8 Å². The number of hydrogen-bond donors (Lipinski definition) is 0. The third-order valence-corrected chi connectivity index (χ3v) is 10.9. The van der Waals surface area contributed by atoms with Gasteiger partial charge < -0.3 is 28.6 Å². The Morgan fingerprint density at radius 2 is 1.03 bits per heavy atom. The van der Waals surface area contributed by atoms with Crippen LogP contribution in [0.25, 0.3) is 0 Å². The second kappa shape index (κ2) is 40.2. The van der Waals surface area contributed by atoms with Gasteiger partial charge in [-0.3, -0.25) is 9.59 Å². The molecule has 0 saturated carbocycles. The molecule has 0 amide bonds. The van der Waals surface area contributed by atoms with Gasteiger partial charge >= 0.3 is 17.9 Å². The zero-order valence-electron chi connectivity index (χ0n) is 39.3. The minimum absolute atomic E-state index is 0.0981. The maximum Gasteiger partial charge on any atom is 0.338 e. The number of ether oxygens (including phenoxy) is 5. The van der Waals surface area contributed by atoms with Crippen molar-refractivity contribution >= 4 is 17.9 Å². The second-order valence-electron chi connectivity index (χ2n) is 16.8. The van der Waals surface area contributed by atoms with Gasteiger partial charge in [-0.05, 0) is 103 Å². The molecule has 0 aliphatic heterocycles. The van der Waals surface area contributed by atoms with Crippen molar-refractivity contribution in [1.82, 2.24) is 4.90 Å². The van der Waals surface area contributed by atoms with E-state index in [1.54, 1.807) is 6.07 Å². The second-order valence-corrected chi connectivity index (χ2v) is 16.8. The lowest BCUT2D eigenvalue weighted by Crippen LogP contribution is -2.17. The number of rotatable bonds is 42. The molecule has 0 heterocycles. The van der Waals surface area contributed by atoms with Crippen molar-refractivity contribution in [3.05, 3.63) is 41.0 Å². The highest BCUT2D eigenvalue weighted by Crippen LogP contribution is 2.26. The molecule has 0 radical (unpaired) electrons. The fourth-order valence-electron chi connectivity index (χ4n) is 7.10. The van der Waals surface area contributed by atoms with Crippen LogP contribution in [0.3, 0.4) is 0 Å². The quantitative estimate of drug-likeness (QED) is 0.0275. The fraction of sp³-hybridized carbons (Fsp3) is 0.784. The zero-order valence-corrected chi connectivity index (χ0v) is 39.3. The van der Waals surface area contributed by atoms with Gasteiger partial charge in [0.05, 0.1) is 32.0 Å². The Kier molecular flexibility index (Phi) is 36.9. The Labute approximate surface area is 367 Å². The topological polar surface area (TPSA) is 101 Å². The van der Waals surface area contributed by atoms with E-state index >= 15 is 0 Å². The molecule has 0 atom stereocenters. The predicted octanol–water partition coefficient (Wildman–Crippen LogP) is 13.3. The first kappa shape index (κ1) is 55.1. The Hall–Kier alpha value is -2.91. The van der Waals surface area contributed by atoms with Crippen LogP contribution in [0.2, 0.25) is 0 Å². The van der Waals surface area contributed by atoms with E-state index in [0.717, 1.165) is 83.6 Å². The smallest absolute Gasteiger partial charge is 0.338 e. The van der Waals surface area contributed by atoms with Crippen molar-refractivity contribution < 1.29 is 38.1 Å². The average molecular weight is 844 g/mol. The summed E-state index contributed by atoms with van der Waals surface area (Å²) in [5, 5.41) is 0. The van der Waals surface area contributed by atoms with E-state index < -0.39 is 0 Å². The van der Waals surface area contributed by atoms with Crippen molar-refractivity contribution in [2.75, 3.05) is 53.7 Å². The van der Waals surface area contributed by atoms with Crippen LogP contribution in [-0.4, -0.2) is 76.5 Å². The van der Waals surface area contributed by atoms with Crippen molar-refractivity contribution in [3.8, 4) is 5.75 Å². The summed E-state index contributed by atoms with van der Waals surface area (Å²) in [5.74, 6) is 0.00422. The monoisotopic (exact) mass is 844 g/mol. The third-order valence-electron chi connectivity index (χ3n) is 10.9. The van der Waals surface area contributed by atoms with Crippen LogP contribution in [0.5, 0.6) is 5.75 Å². The Bertz CT molecular complexity index is 1220. The zero-order chi connectivity index (χ0) is 43.7. The predicted molar refractivity (Wildman–Crippen MR) is 247 cm³/mol. The molecule has 60 heavy (non-hydrogen) atoms. The lowest BCUT2D eigenvalue weighted by molar-refractivity contribution is -0.144. The number of unbranched alkanes of at least 4 members (excludes halogenated alkanes) is 18. The van der Waals surface area contributed by atoms with Crippen LogP contribution >= 0.6 is 0 Å². The van der Waals surface area contributed by atoms with Crippen LogP contribution < -0.4 is 4.74 Å². The molecule has 346 valence electrons. The molecule has 0 bridgehead atoms. The third kappa shape index (κ3) is 31.9. The molecule has 9 heteroatoms. The summed E-state index contributed by atoms with van der Waals surface area (Å²) >= 11 is 0. The van der Waals surface area contributed by atoms with E-state index in [1.807, 2.05) is 26.2 Å². The lowest BCUT2D eigenvalue weighted by atomic mass is 9.99. The van der Waals surface area contributed by atoms with Gasteiger partial charge in [0.25, 0.3) is 0 Å². The fourth-order valence-corrected chi connectivity index (χ4v) is 7.10. The number of allylic oxidation sites excluding steroid dienone is 1. The molecule has 0 aliphatic carbocycles. The van der Waals surface area contributed by atoms with Gasteiger partial charge in [-0.1, -0.05) is 129 Å². The van der Waals surface area contributed by atoms with Gasteiger partial charge in [-0.25, -0.2) is 4.79 Å². The van der Waals surface area contributed by atoms with E-state index in [9.17, 15) is 14.4 Å². The highest BCUT2D eigenvalue weighted by molar-refractivity contribution is 5.91. The summed E-state index contributed by atoms with van der Waals surface area (Å²) in [6, 6.07) is 5.47. The van der Waals surface area contributed by atoms with Crippen LogP contribution in [0, 0.1) is 0 Å². The largest absolute Gasteiger partial charge is 0.493 e. The lowest BCUT2D eigenvalue weighted by Gasteiger charge is -2.16. The number of esters is 3. The van der Waals surface area contributed by atoms with Crippen molar-refractivity contribution in [3.63, 3.8) is 0 Å². The first-order valence-corrected chi connectivity index (χ1v) is 24.5. The van der Waals surface area contributed by atoms with Gasteiger partial charge in [0.1, 0.15) is 12.4 Å². The average Bonchev–Trinajstić information content (AvgIpc) is 3.23. The number of hydrogen-bond acceptors (Lipinski definition) is 9. The summed E-state index contributed by atoms with van der Waals surface area (Å²) in [6.45, 7) is 10.0. The number of carbonyl (C=O) groups excluding carboxylic acids is 3. The van der Waals surface area contributed by atoms with Crippen molar-refractivity contribution in [2.24, 2.45) is 0 Å². The van der Waals surface area contributed by atoms with Gasteiger partial charge in [0.15, 0.2) is 0 Å². The molecule has 0 saturated heterocycles. The minimum Gasteiger partial charge on any atom is -0.493 e. The van der Waals surface area contributed by atoms with Crippen LogP contribution in [-0.2, 0) is 35.1 Å². The summed E-state index contributed by atoms with van der Waals surface area (Å²) < 4.78 is 29.0. The highest BCUT2D eigenvalue weighted by atomic mass is 16.5. The first-order chi connectivity index (χ1) is 29.3. The molecule has 0 N–H and O–H groups in total. The molecular formula is C51H89NO8. The summed E-state index contributed by atoms with van der Waals surface area (Å²) in [5.41, 5.74) is 2.61. The molecule has 1 aromatic carbocycles. The van der Waals surface area contributed by atoms with Gasteiger partial charge in [-0.15, -0.1) is 0 Å². The Balaban J connectivity index is 2.53. The summed E-state index contributed by atoms with van der Waals surface area (Å²) in [6.07, 6.45) is 31.7. The van der Waals surface area contributed by atoms with Crippen molar-refractivity contribution in [1.29, 1.82) is 0 Å². The molecule has 9 nitrogen and oxygen atoms in total. The number of carbonyl (C=O) groups is 3. The van der Waals surface area contributed by atoms with Crippen LogP contribution in [0.4, 0.5) is 0 Å². The minimum atomic E-state index is -0.374. The maximum absolute atomic E-state index is 13.2. The molecule has 0 unspecified atom stereocenters. The molecular weight excluding hydrogens is 755 g/mol. The standard InChI is InChI=1S/C51H89NO8/c1-6-9-12-15-19-27-41-58-49(53)35-24-18-20-26-39-56-44-47-46(51(55)60-42-30-38-52(4)5)33-29-34-48(47)57-40-28-21-25-36-50(54)59-43-37-45(31-22-16-13-10-7-2)32-23-17-14-11-8-3/h29,33-34,37H,6-28,30-32,35-36,38-44H2,1-5H3. The molecule has 1 rings (SSSR count). The number of benzene rings is 1. The summed E-state index contributed by atoms with van der Waals surface area (Å²) in [4.78, 5) is 39.9. The highest BCUT2D eigenvalue weighted by Gasteiger charge is 2.18.